The fourth-order valence-electron chi connectivity index (χ4n) is 3.21. The third-order valence-corrected chi connectivity index (χ3v) is 4.76. The maximum Gasteiger partial charge on any atom is 0.268 e. The number of imide groups is 9. The van der Waals surface area contributed by atoms with Gasteiger partial charge in [0.15, 0.2) is 0 Å². The fraction of sp³-hybridized carbons (Fsp3) is 0. The zero-order valence-electron chi connectivity index (χ0n) is 16.2. The first-order valence-electron chi connectivity index (χ1n) is 9.07. The molecule has 1 aromatic rings. The minimum Gasteiger partial charge on any atom is -0.269 e. The monoisotopic (exact) mass is 447 g/mol. The molecule has 0 spiro atoms. The van der Waals surface area contributed by atoms with E-state index in [-0.39, 0.29) is 14.7 Å². The molecule has 0 saturated heterocycles. The molecule has 162 valence electrons. The third kappa shape index (κ3) is 3.31. The van der Waals surface area contributed by atoms with Crippen molar-refractivity contribution in [3.8, 4) is 0 Å². The maximum atomic E-state index is 13.0. The molecule has 0 fully saturated rings. The summed E-state index contributed by atoms with van der Waals surface area (Å²) in [6.07, 6.45) is 4.98. The van der Waals surface area contributed by atoms with Crippen LogP contribution in [0.15, 0.2) is 54.7 Å². The molecule has 0 N–H and O–H groups in total. The normalized spacial score (nSPS) is 17.3. The highest BCUT2D eigenvalue weighted by Gasteiger charge is 2.38. The number of hydrogen-bond donors (Lipinski definition) is 0. The summed E-state index contributed by atoms with van der Waals surface area (Å²) in [5.41, 5.74) is -1.67. The van der Waals surface area contributed by atoms with E-state index in [4.69, 9.17) is 0 Å². The van der Waals surface area contributed by atoms with Crippen LogP contribution in [-0.4, -0.2) is 67.9 Å². The van der Waals surface area contributed by atoms with Crippen LogP contribution in [0.1, 0.15) is 31.1 Å². The molecule has 0 aromatic heterocycles. The zero-order valence-corrected chi connectivity index (χ0v) is 16.2. The van der Waals surface area contributed by atoms with Gasteiger partial charge in [-0.05, 0) is 18.2 Å². The number of carbonyl (C=O) groups excluding carboxylic acids is 9. The van der Waals surface area contributed by atoms with E-state index >= 15 is 0 Å². The van der Waals surface area contributed by atoms with Crippen molar-refractivity contribution in [2.24, 2.45) is 0 Å². The van der Waals surface area contributed by atoms with Crippen LogP contribution in [0.2, 0.25) is 0 Å². The molecular weight excluding hydrogens is 438 g/mol. The average Bonchev–Trinajstić information content (AvgIpc) is 3.42. The Bertz CT molecular complexity index is 1290. The molecular formula is C21H9N3O9. The SMILES string of the molecule is O=C1C=CC(=O)N1C(=O)c1ccc(C(=O)N2C(=O)C=CC2=O)c(C(=O)N2C(=O)C=CC2=O)c1. The molecule has 0 atom stereocenters. The van der Waals surface area contributed by atoms with Crippen molar-refractivity contribution >= 4 is 53.2 Å². The van der Waals surface area contributed by atoms with Gasteiger partial charge in [0.05, 0.1) is 11.1 Å². The summed E-state index contributed by atoms with van der Waals surface area (Å²) in [6.45, 7) is 0. The van der Waals surface area contributed by atoms with Crippen LogP contribution in [0.5, 0.6) is 0 Å². The van der Waals surface area contributed by atoms with Crippen LogP contribution in [-0.2, 0) is 28.8 Å². The molecule has 9 amide bonds. The Morgan fingerprint density at radius 2 is 0.788 bits per heavy atom. The second-order valence-electron chi connectivity index (χ2n) is 6.71. The number of rotatable bonds is 3. The molecule has 1 aromatic carbocycles. The molecule has 0 aliphatic carbocycles. The molecule has 12 nitrogen and oxygen atoms in total. The fourth-order valence-corrected chi connectivity index (χ4v) is 3.21. The van der Waals surface area contributed by atoms with Crippen molar-refractivity contribution < 1.29 is 43.2 Å². The lowest BCUT2D eigenvalue weighted by molar-refractivity contribution is -0.135. The second kappa shape index (κ2) is 7.53. The molecule has 3 heterocycles. The third-order valence-electron chi connectivity index (χ3n) is 4.76. The van der Waals surface area contributed by atoms with E-state index in [1.807, 2.05) is 0 Å². The highest BCUT2D eigenvalue weighted by Crippen LogP contribution is 2.22. The lowest BCUT2D eigenvalue weighted by Crippen LogP contribution is -2.41. The Labute approximate surface area is 183 Å². The number of nitrogens with zero attached hydrogens (tertiary/aromatic N) is 3. The Morgan fingerprint density at radius 3 is 1.18 bits per heavy atom. The highest BCUT2D eigenvalue weighted by molar-refractivity contribution is 6.31. The van der Waals surface area contributed by atoms with Gasteiger partial charge in [-0.3, -0.25) is 43.2 Å². The number of carbonyl (C=O) groups is 9. The van der Waals surface area contributed by atoms with Gasteiger partial charge in [0, 0.05) is 42.0 Å². The lowest BCUT2D eigenvalue weighted by Gasteiger charge is -2.19. The van der Waals surface area contributed by atoms with Crippen LogP contribution < -0.4 is 0 Å². The smallest absolute Gasteiger partial charge is 0.268 e. The first-order chi connectivity index (χ1) is 15.6. The first kappa shape index (κ1) is 21.1. The predicted octanol–water partition coefficient (Wildman–Crippen LogP) is -1.12. The molecule has 3 aliphatic rings. The molecule has 3 aliphatic heterocycles. The van der Waals surface area contributed by atoms with Gasteiger partial charge >= 0.3 is 0 Å². The van der Waals surface area contributed by atoms with Crippen LogP contribution >= 0.6 is 0 Å². The van der Waals surface area contributed by atoms with Crippen molar-refractivity contribution in [1.82, 2.24) is 14.7 Å². The van der Waals surface area contributed by atoms with Crippen LogP contribution in [0.3, 0.4) is 0 Å². The summed E-state index contributed by atoms with van der Waals surface area (Å²) in [7, 11) is 0. The molecule has 4 rings (SSSR count). The molecule has 0 saturated carbocycles. The Kier molecular flexibility index (Phi) is 4.82. The van der Waals surface area contributed by atoms with Gasteiger partial charge in [0.1, 0.15) is 0 Å². The van der Waals surface area contributed by atoms with E-state index < -0.39 is 69.9 Å². The number of amides is 9. The van der Waals surface area contributed by atoms with E-state index in [0.29, 0.717) is 0 Å². The molecule has 12 heteroatoms. The molecule has 33 heavy (non-hydrogen) atoms. The summed E-state index contributed by atoms with van der Waals surface area (Å²) < 4.78 is 0. The van der Waals surface area contributed by atoms with Gasteiger partial charge in [0.2, 0.25) is 0 Å². The Balaban J connectivity index is 1.81. The van der Waals surface area contributed by atoms with E-state index in [1.165, 1.54) is 0 Å². The van der Waals surface area contributed by atoms with Crippen LogP contribution in [0, 0.1) is 0 Å². The summed E-state index contributed by atoms with van der Waals surface area (Å²) in [4.78, 5) is 111. The number of benzene rings is 1. The summed E-state index contributed by atoms with van der Waals surface area (Å²) in [5, 5.41) is 0. The quantitative estimate of drug-likeness (QED) is 0.522. The van der Waals surface area contributed by atoms with Gasteiger partial charge in [-0.25, -0.2) is 14.7 Å². The Hall–Kier alpha value is -5.13. The molecule has 0 unspecified atom stereocenters. The topological polar surface area (TPSA) is 163 Å². The van der Waals surface area contributed by atoms with E-state index in [2.05, 4.69) is 0 Å². The van der Waals surface area contributed by atoms with Crippen molar-refractivity contribution in [2.45, 2.75) is 0 Å². The standard InChI is InChI=1S/C21H9N3O9/c25-13-3-4-14(26)22(13)19(31)10-1-2-11(20(32)23-15(27)5-6-16(23)28)12(9-10)21(33)24-17(29)7-8-18(24)30/h1-9H. The van der Waals surface area contributed by atoms with Gasteiger partial charge in [-0.15, -0.1) is 0 Å². The molecule has 0 bridgehead atoms. The van der Waals surface area contributed by atoms with Gasteiger partial charge in [0.25, 0.3) is 53.2 Å². The van der Waals surface area contributed by atoms with Crippen LogP contribution in [0.25, 0.3) is 0 Å². The first-order valence-corrected chi connectivity index (χ1v) is 9.07. The van der Waals surface area contributed by atoms with Crippen molar-refractivity contribution in [2.75, 3.05) is 0 Å². The predicted molar refractivity (Wildman–Crippen MR) is 102 cm³/mol. The largest absolute Gasteiger partial charge is 0.269 e. The average molecular weight is 447 g/mol. The maximum absolute atomic E-state index is 13.0. The van der Waals surface area contributed by atoms with Gasteiger partial charge < -0.3 is 0 Å². The number of hydrogen-bond acceptors (Lipinski definition) is 9. The van der Waals surface area contributed by atoms with Crippen molar-refractivity contribution in [3.63, 3.8) is 0 Å². The second-order valence-corrected chi connectivity index (χ2v) is 6.71. The summed E-state index contributed by atoms with van der Waals surface area (Å²) in [6, 6.07) is 2.67. The summed E-state index contributed by atoms with van der Waals surface area (Å²) >= 11 is 0. The zero-order chi connectivity index (χ0) is 24.0. The van der Waals surface area contributed by atoms with E-state index in [0.717, 1.165) is 54.7 Å². The minimum absolute atomic E-state index is 0.181. The highest BCUT2D eigenvalue weighted by atomic mass is 16.2. The van der Waals surface area contributed by atoms with Crippen molar-refractivity contribution in [1.29, 1.82) is 0 Å². The van der Waals surface area contributed by atoms with Crippen molar-refractivity contribution in [3.05, 3.63) is 71.3 Å². The molecule has 0 radical (unpaired) electrons. The minimum atomic E-state index is -1.32. The van der Waals surface area contributed by atoms with E-state index in [1.54, 1.807) is 0 Å². The van der Waals surface area contributed by atoms with E-state index in [9.17, 15) is 43.2 Å². The summed E-state index contributed by atoms with van der Waals surface area (Å²) in [5.74, 6) is -9.62. The Morgan fingerprint density at radius 1 is 0.455 bits per heavy atom. The van der Waals surface area contributed by atoms with Gasteiger partial charge in [-0.1, -0.05) is 0 Å². The van der Waals surface area contributed by atoms with Crippen LogP contribution in [0.4, 0.5) is 0 Å². The van der Waals surface area contributed by atoms with Gasteiger partial charge in [-0.2, -0.15) is 0 Å². The lowest BCUT2D eigenvalue weighted by atomic mass is 10.0.